The Morgan fingerprint density at radius 2 is 2.27 bits per heavy atom. The summed E-state index contributed by atoms with van der Waals surface area (Å²) < 4.78 is 0. The Balaban J connectivity index is 2.24. The minimum atomic E-state index is -0.494. The summed E-state index contributed by atoms with van der Waals surface area (Å²) in [6.45, 7) is 0.294. The van der Waals surface area contributed by atoms with Gasteiger partial charge in [-0.3, -0.25) is 15.0 Å². The highest BCUT2D eigenvalue weighted by Crippen LogP contribution is 2.14. The first-order valence-electron chi connectivity index (χ1n) is 4.36. The van der Waals surface area contributed by atoms with Crippen LogP contribution in [0, 0.1) is 0 Å². The molecule has 7 nitrogen and oxygen atoms in total. The molecule has 0 aliphatic carbocycles. The standard InChI is InChI=1S/C8H9N5O2/c9-5-3-6(12-10-4-5)13-2-1-7(14)11-8(13)15/h3-4H,1-2H2,(H2,9,12)(H,11,14,15). The highest BCUT2D eigenvalue weighted by molar-refractivity contribution is 6.05. The molecular formula is C8H9N5O2. The van der Waals surface area contributed by atoms with E-state index >= 15 is 0 Å². The van der Waals surface area contributed by atoms with Gasteiger partial charge in [-0.1, -0.05) is 0 Å². The van der Waals surface area contributed by atoms with Crippen molar-refractivity contribution in [2.24, 2.45) is 0 Å². The van der Waals surface area contributed by atoms with Crippen LogP contribution < -0.4 is 16.0 Å². The minimum Gasteiger partial charge on any atom is -0.397 e. The van der Waals surface area contributed by atoms with Gasteiger partial charge >= 0.3 is 6.03 Å². The number of urea groups is 1. The fourth-order valence-corrected chi connectivity index (χ4v) is 1.28. The zero-order valence-corrected chi connectivity index (χ0v) is 7.80. The van der Waals surface area contributed by atoms with Crippen molar-refractivity contribution in [3.63, 3.8) is 0 Å². The summed E-state index contributed by atoms with van der Waals surface area (Å²) in [5.41, 5.74) is 5.93. The number of imide groups is 1. The number of hydrogen-bond donors (Lipinski definition) is 2. The van der Waals surface area contributed by atoms with E-state index in [1.165, 1.54) is 17.2 Å². The maximum Gasteiger partial charge on any atom is 0.329 e. The molecule has 1 aliphatic heterocycles. The Morgan fingerprint density at radius 1 is 1.47 bits per heavy atom. The number of hydrogen-bond acceptors (Lipinski definition) is 5. The van der Waals surface area contributed by atoms with Gasteiger partial charge in [0.05, 0.1) is 11.9 Å². The molecule has 2 rings (SSSR count). The molecule has 0 saturated carbocycles. The molecule has 0 radical (unpaired) electrons. The highest BCUT2D eigenvalue weighted by Gasteiger charge is 2.25. The Morgan fingerprint density at radius 3 is 2.93 bits per heavy atom. The lowest BCUT2D eigenvalue weighted by atomic mass is 10.3. The van der Waals surface area contributed by atoms with Crippen LogP contribution in [0.4, 0.5) is 16.3 Å². The fourth-order valence-electron chi connectivity index (χ4n) is 1.28. The predicted molar refractivity (Wildman–Crippen MR) is 51.9 cm³/mol. The number of nitrogens with zero attached hydrogens (tertiary/aromatic N) is 3. The van der Waals surface area contributed by atoms with E-state index in [9.17, 15) is 9.59 Å². The SMILES string of the molecule is Nc1cnnc(N2CCC(=O)NC2=O)c1. The number of aromatic nitrogens is 2. The third-order valence-corrected chi connectivity index (χ3v) is 1.99. The number of nitrogens with one attached hydrogen (secondary N) is 1. The normalized spacial score (nSPS) is 16.4. The van der Waals surface area contributed by atoms with Gasteiger partial charge in [0, 0.05) is 19.0 Å². The molecule has 15 heavy (non-hydrogen) atoms. The Hall–Kier alpha value is -2.18. The number of nitrogens with two attached hydrogens (primary N) is 1. The first kappa shape index (κ1) is 9.38. The van der Waals surface area contributed by atoms with Crippen molar-refractivity contribution in [3.8, 4) is 0 Å². The zero-order valence-electron chi connectivity index (χ0n) is 7.80. The van der Waals surface area contributed by atoms with Crippen LogP contribution in [0.5, 0.6) is 0 Å². The van der Waals surface area contributed by atoms with Gasteiger partial charge in [0.15, 0.2) is 5.82 Å². The van der Waals surface area contributed by atoms with Crippen LogP contribution in [-0.2, 0) is 4.79 Å². The second-order valence-corrected chi connectivity index (χ2v) is 3.10. The molecule has 7 heteroatoms. The molecule has 0 atom stereocenters. The molecule has 0 unspecified atom stereocenters. The summed E-state index contributed by atoms with van der Waals surface area (Å²) >= 11 is 0. The van der Waals surface area contributed by atoms with Crippen molar-refractivity contribution in [2.75, 3.05) is 17.2 Å². The van der Waals surface area contributed by atoms with Gasteiger partial charge in [0.1, 0.15) is 0 Å². The number of carbonyl (C=O) groups is 2. The Bertz CT molecular complexity index is 419. The number of carbonyl (C=O) groups excluding carboxylic acids is 2. The molecule has 0 spiro atoms. The monoisotopic (exact) mass is 207 g/mol. The van der Waals surface area contributed by atoms with E-state index in [1.807, 2.05) is 0 Å². The van der Waals surface area contributed by atoms with E-state index in [-0.39, 0.29) is 12.3 Å². The van der Waals surface area contributed by atoms with Crippen LogP contribution in [0.2, 0.25) is 0 Å². The molecule has 0 bridgehead atoms. The molecule has 2 heterocycles. The summed E-state index contributed by atoms with van der Waals surface area (Å²) in [5.74, 6) is 0.0631. The molecule has 0 aromatic carbocycles. The molecule has 1 aromatic heterocycles. The van der Waals surface area contributed by atoms with Crippen LogP contribution in [-0.4, -0.2) is 28.7 Å². The van der Waals surface area contributed by atoms with E-state index in [4.69, 9.17) is 5.73 Å². The first-order valence-corrected chi connectivity index (χ1v) is 4.36. The van der Waals surface area contributed by atoms with Gasteiger partial charge in [-0.15, -0.1) is 5.10 Å². The van der Waals surface area contributed by atoms with Crippen LogP contribution >= 0.6 is 0 Å². The van der Waals surface area contributed by atoms with Gasteiger partial charge < -0.3 is 5.73 Å². The third kappa shape index (κ3) is 1.85. The number of amides is 3. The maximum absolute atomic E-state index is 11.4. The minimum absolute atomic E-state index is 0.252. The molecule has 1 fully saturated rings. The summed E-state index contributed by atoms with van der Waals surface area (Å²) in [6.07, 6.45) is 1.64. The van der Waals surface area contributed by atoms with Crippen molar-refractivity contribution in [3.05, 3.63) is 12.3 Å². The molecule has 3 N–H and O–H groups in total. The molecule has 1 aliphatic rings. The van der Waals surface area contributed by atoms with Crippen LogP contribution in [0.1, 0.15) is 6.42 Å². The van der Waals surface area contributed by atoms with Crippen molar-refractivity contribution in [1.82, 2.24) is 15.5 Å². The van der Waals surface area contributed by atoms with Gasteiger partial charge in [0.2, 0.25) is 5.91 Å². The molecule has 78 valence electrons. The van der Waals surface area contributed by atoms with Gasteiger partial charge in [-0.05, 0) is 0 Å². The summed E-state index contributed by atoms with van der Waals surface area (Å²) in [4.78, 5) is 23.6. The highest BCUT2D eigenvalue weighted by atomic mass is 16.2. The lowest BCUT2D eigenvalue weighted by Crippen LogP contribution is -2.50. The van der Waals surface area contributed by atoms with Gasteiger partial charge in [0.25, 0.3) is 0 Å². The summed E-state index contributed by atoms with van der Waals surface area (Å²) in [6, 6.07) is 1.04. The van der Waals surface area contributed by atoms with Crippen LogP contribution in [0.15, 0.2) is 12.3 Å². The third-order valence-electron chi connectivity index (χ3n) is 1.99. The van der Waals surface area contributed by atoms with Crippen molar-refractivity contribution in [2.45, 2.75) is 6.42 Å². The van der Waals surface area contributed by atoms with Crippen molar-refractivity contribution >= 4 is 23.4 Å². The second-order valence-electron chi connectivity index (χ2n) is 3.10. The molecular weight excluding hydrogens is 198 g/mol. The average Bonchev–Trinajstić information content (AvgIpc) is 2.17. The van der Waals surface area contributed by atoms with Gasteiger partial charge in [-0.25, -0.2) is 4.79 Å². The fraction of sp³-hybridized carbons (Fsp3) is 0.250. The number of nitrogen functional groups attached to an aromatic ring is 1. The summed E-state index contributed by atoms with van der Waals surface area (Å²) in [5, 5.41) is 9.58. The van der Waals surface area contributed by atoms with Crippen LogP contribution in [0.25, 0.3) is 0 Å². The van der Waals surface area contributed by atoms with Crippen molar-refractivity contribution < 1.29 is 9.59 Å². The van der Waals surface area contributed by atoms with Crippen molar-refractivity contribution in [1.29, 1.82) is 0 Å². The Kier molecular flexibility index (Phi) is 2.20. The van der Waals surface area contributed by atoms with E-state index < -0.39 is 6.03 Å². The lowest BCUT2D eigenvalue weighted by Gasteiger charge is -2.24. The number of anilines is 2. The van der Waals surface area contributed by atoms with Gasteiger partial charge in [-0.2, -0.15) is 5.10 Å². The summed E-state index contributed by atoms with van der Waals surface area (Å²) in [7, 11) is 0. The topological polar surface area (TPSA) is 101 Å². The maximum atomic E-state index is 11.4. The first-order chi connectivity index (χ1) is 7.16. The van der Waals surface area contributed by atoms with Crippen LogP contribution in [0.3, 0.4) is 0 Å². The van der Waals surface area contributed by atoms with E-state index in [0.717, 1.165) is 0 Å². The molecule has 1 aromatic rings. The quantitative estimate of drug-likeness (QED) is 0.646. The predicted octanol–water partition coefficient (Wildman–Crippen LogP) is -0.495. The Labute approximate surface area is 85.3 Å². The second kappa shape index (κ2) is 3.52. The lowest BCUT2D eigenvalue weighted by molar-refractivity contribution is -0.120. The van der Waals surface area contributed by atoms with E-state index in [2.05, 4.69) is 15.5 Å². The molecule has 3 amide bonds. The smallest absolute Gasteiger partial charge is 0.329 e. The average molecular weight is 207 g/mol. The van der Waals surface area contributed by atoms with E-state index in [1.54, 1.807) is 0 Å². The number of rotatable bonds is 1. The zero-order chi connectivity index (χ0) is 10.8. The van der Waals surface area contributed by atoms with E-state index in [0.29, 0.717) is 18.1 Å². The molecule has 1 saturated heterocycles. The largest absolute Gasteiger partial charge is 0.397 e.